The van der Waals surface area contributed by atoms with Crippen molar-refractivity contribution >= 4 is 28.3 Å². The van der Waals surface area contributed by atoms with Crippen molar-refractivity contribution in [2.45, 2.75) is 26.2 Å². The SMILES string of the molecule is CCc1cc2cc(NC(=O)C3CC3)ncc2c(NC)n1. The third kappa shape index (κ3) is 2.43. The normalized spacial score (nSPS) is 14.3. The minimum absolute atomic E-state index is 0.0791. The van der Waals surface area contributed by atoms with Crippen LogP contribution in [0.5, 0.6) is 0 Å². The second-order valence-electron chi connectivity index (χ2n) is 5.12. The summed E-state index contributed by atoms with van der Waals surface area (Å²) in [5, 5.41) is 7.99. The maximum absolute atomic E-state index is 11.8. The lowest BCUT2D eigenvalue weighted by Crippen LogP contribution is -2.14. The van der Waals surface area contributed by atoms with E-state index >= 15 is 0 Å². The largest absolute Gasteiger partial charge is 0.373 e. The van der Waals surface area contributed by atoms with Gasteiger partial charge in [-0.3, -0.25) is 4.79 Å². The van der Waals surface area contributed by atoms with Crippen LogP contribution in [-0.2, 0) is 11.2 Å². The maximum atomic E-state index is 11.8. The number of aromatic nitrogens is 2. The third-order valence-electron chi connectivity index (χ3n) is 3.57. The quantitative estimate of drug-likeness (QED) is 0.896. The minimum atomic E-state index is 0.0791. The molecule has 0 unspecified atom stereocenters. The number of pyridine rings is 2. The van der Waals surface area contributed by atoms with Crippen molar-refractivity contribution < 1.29 is 4.79 Å². The van der Waals surface area contributed by atoms with E-state index in [9.17, 15) is 4.79 Å². The maximum Gasteiger partial charge on any atom is 0.228 e. The molecule has 2 heterocycles. The molecule has 0 bridgehead atoms. The van der Waals surface area contributed by atoms with E-state index in [0.29, 0.717) is 5.82 Å². The Balaban J connectivity index is 1.98. The molecule has 2 aromatic rings. The van der Waals surface area contributed by atoms with Gasteiger partial charge in [-0.1, -0.05) is 6.92 Å². The highest BCUT2D eigenvalue weighted by molar-refractivity contribution is 5.97. The number of carbonyl (C=O) groups excluding carboxylic acids is 1. The van der Waals surface area contributed by atoms with Gasteiger partial charge in [-0.25, -0.2) is 9.97 Å². The van der Waals surface area contributed by atoms with E-state index in [4.69, 9.17) is 0 Å². The first kappa shape index (κ1) is 12.8. The molecule has 5 nitrogen and oxygen atoms in total. The molecular weight excluding hydrogens is 252 g/mol. The first-order chi connectivity index (χ1) is 9.71. The Morgan fingerprint density at radius 2 is 2.20 bits per heavy atom. The number of hydrogen-bond acceptors (Lipinski definition) is 4. The number of rotatable bonds is 4. The van der Waals surface area contributed by atoms with Crippen molar-refractivity contribution in [3.8, 4) is 0 Å². The van der Waals surface area contributed by atoms with Crippen LogP contribution in [0, 0.1) is 5.92 Å². The molecule has 1 aliphatic rings. The first-order valence-electron chi connectivity index (χ1n) is 6.99. The second kappa shape index (κ2) is 5.07. The molecule has 0 spiro atoms. The second-order valence-corrected chi connectivity index (χ2v) is 5.12. The Hall–Kier alpha value is -2.17. The van der Waals surface area contributed by atoms with Gasteiger partial charge in [0.15, 0.2) is 0 Å². The summed E-state index contributed by atoms with van der Waals surface area (Å²) in [5.74, 6) is 1.70. The lowest BCUT2D eigenvalue weighted by atomic mass is 10.1. The zero-order chi connectivity index (χ0) is 14.1. The van der Waals surface area contributed by atoms with Crippen LogP contribution >= 0.6 is 0 Å². The van der Waals surface area contributed by atoms with Gasteiger partial charge in [-0.2, -0.15) is 0 Å². The molecule has 0 radical (unpaired) electrons. The molecule has 2 aromatic heterocycles. The van der Waals surface area contributed by atoms with Gasteiger partial charge < -0.3 is 10.6 Å². The number of nitrogens with one attached hydrogen (secondary N) is 2. The van der Waals surface area contributed by atoms with Crippen LogP contribution in [0.2, 0.25) is 0 Å². The number of carbonyl (C=O) groups is 1. The molecule has 1 aliphatic carbocycles. The molecule has 0 aromatic carbocycles. The van der Waals surface area contributed by atoms with Crippen LogP contribution < -0.4 is 10.6 Å². The van der Waals surface area contributed by atoms with Gasteiger partial charge in [0.2, 0.25) is 5.91 Å². The minimum Gasteiger partial charge on any atom is -0.373 e. The van der Waals surface area contributed by atoms with Crippen LogP contribution in [0.4, 0.5) is 11.6 Å². The summed E-state index contributed by atoms with van der Waals surface area (Å²) in [6.45, 7) is 2.07. The van der Waals surface area contributed by atoms with Crippen molar-refractivity contribution in [2.24, 2.45) is 5.92 Å². The van der Waals surface area contributed by atoms with Gasteiger partial charge in [-0.05, 0) is 36.8 Å². The monoisotopic (exact) mass is 270 g/mol. The zero-order valence-corrected chi connectivity index (χ0v) is 11.7. The van der Waals surface area contributed by atoms with E-state index in [1.165, 1.54) is 0 Å². The Bertz CT molecular complexity index is 664. The number of aryl methyl sites for hydroxylation is 1. The standard InChI is InChI=1S/C15H18N4O/c1-3-11-6-10-7-13(19-15(20)9-4-5-9)17-8-12(10)14(16-2)18-11/h6-9H,3-5H2,1-2H3,(H,16,18)(H,17,19,20). The average Bonchev–Trinajstić information content (AvgIpc) is 3.30. The van der Waals surface area contributed by atoms with E-state index in [1.807, 2.05) is 19.2 Å². The predicted octanol–water partition coefficient (Wildman–Crippen LogP) is 2.58. The summed E-state index contributed by atoms with van der Waals surface area (Å²) in [4.78, 5) is 20.6. The summed E-state index contributed by atoms with van der Waals surface area (Å²) in [7, 11) is 1.85. The van der Waals surface area contributed by atoms with Crippen molar-refractivity contribution in [1.82, 2.24) is 9.97 Å². The van der Waals surface area contributed by atoms with Crippen molar-refractivity contribution in [2.75, 3.05) is 17.7 Å². The van der Waals surface area contributed by atoms with Crippen molar-refractivity contribution in [3.05, 3.63) is 24.0 Å². The summed E-state index contributed by atoms with van der Waals surface area (Å²) in [6, 6.07) is 3.96. The van der Waals surface area contributed by atoms with E-state index < -0.39 is 0 Å². The highest BCUT2D eigenvalue weighted by Crippen LogP contribution is 2.30. The third-order valence-corrected chi connectivity index (χ3v) is 3.57. The van der Waals surface area contributed by atoms with E-state index in [2.05, 4.69) is 27.5 Å². The van der Waals surface area contributed by atoms with E-state index in [0.717, 1.165) is 41.5 Å². The van der Waals surface area contributed by atoms with Crippen LogP contribution in [0.3, 0.4) is 0 Å². The molecule has 1 fully saturated rings. The fourth-order valence-electron chi connectivity index (χ4n) is 2.22. The Morgan fingerprint density at radius 3 is 2.85 bits per heavy atom. The summed E-state index contributed by atoms with van der Waals surface area (Å²) >= 11 is 0. The molecule has 3 rings (SSSR count). The number of anilines is 2. The fourth-order valence-corrected chi connectivity index (χ4v) is 2.22. The predicted molar refractivity (Wildman–Crippen MR) is 79.8 cm³/mol. The molecular formula is C15H18N4O. The topological polar surface area (TPSA) is 66.9 Å². The van der Waals surface area contributed by atoms with Gasteiger partial charge in [0.25, 0.3) is 0 Å². The molecule has 0 aliphatic heterocycles. The number of hydrogen-bond donors (Lipinski definition) is 2. The van der Waals surface area contributed by atoms with Gasteiger partial charge in [0.05, 0.1) is 0 Å². The molecule has 0 atom stereocenters. The highest BCUT2D eigenvalue weighted by Gasteiger charge is 2.29. The number of amides is 1. The first-order valence-corrected chi connectivity index (χ1v) is 6.99. The lowest BCUT2D eigenvalue weighted by Gasteiger charge is -2.09. The summed E-state index contributed by atoms with van der Waals surface area (Å²) in [6.07, 6.45) is 4.62. The van der Waals surface area contributed by atoms with Gasteiger partial charge in [0.1, 0.15) is 11.6 Å². The Labute approximate surface area is 117 Å². The molecule has 0 saturated heterocycles. The molecule has 1 saturated carbocycles. The zero-order valence-electron chi connectivity index (χ0n) is 11.7. The highest BCUT2D eigenvalue weighted by atomic mass is 16.2. The molecule has 1 amide bonds. The lowest BCUT2D eigenvalue weighted by molar-refractivity contribution is -0.117. The molecule has 20 heavy (non-hydrogen) atoms. The Morgan fingerprint density at radius 1 is 1.40 bits per heavy atom. The van der Waals surface area contributed by atoms with Gasteiger partial charge >= 0.3 is 0 Å². The number of nitrogens with zero attached hydrogens (tertiary/aromatic N) is 2. The Kier molecular flexibility index (Phi) is 3.26. The van der Waals surface area contributed by atoms with Crippen molar-refractivity contribution in [3.63, 3.8) is 0 Å². The summed E-state index contributed by atoms with van der Waals surface area (Å²) in [5.41, 5.74) is 1.02. The van der Waals surface area contributed by atoms with Crippen LogP contribution in [0.25, 0.3) is 10.8 Å². The number of fused-ring (bicyclic) bond motifs is 1. The van der Waals surface area contributed by atoms with Crippen LogP contribution in [0.1, 0.15) is 25.5 Å². The fraction of sp³-hybridized carbons (Fsp3) is 0.400. The van der Waals surface area contributed by atoms with E-state index in [1.54, 1.807) is 6.20 Å². The molecule has 104 valence electrons. The van der Waals surface area contributed by atoms with Gasteiger partial charge in [-0.15, -0.1) is 0 Å². The molecule has 2 N–H and O–H groups in total. The van der Waals surface area contributed by atoms with Crippen LogP contribution in [-0.4, -0.2) is 22.9 Å². The average molecular weight is 270 g/mol. The van der Waals surface area contributed by atoms with Crippen molar-refractivity contribution in [1.29, 1.82) is 0 Å². The summed E-state index contributed by atoms with van der Waals surface area (Å²) < 4.78 is 0. The van der Waals surface area contributed by atoms with E-state index in [-0.39, 0.29) is 11.8 Å². The van der Waals surface area contributed by atoms with Crippen LogP contribution in [0.15, 0.2) is 18.3 Å². The van der Waals surface area contributed by atoms with Gasteiger partial charge in [0, 0.05) is 30.2 Å². The molecule has 5 heteroatoms. The smallest absolute Gasteiger partial charge is 0.228 e.